The summed E-state index contributed by atoms with van der Waals surface area (Å²) >= 11 is 0. The quantitative estimate of drug-likeness (QED) is 0.591. The minimum atomic E-state index is 0. The Hall–Kier alpha value is -2.16. The molecule has 124 valence electrons. The Labute approximate surface area is 149 Å². The van der Waals surface area contributed by atoms with E-state index >= 15 is 0 Å². The van der Waals surface area contributed by atoms with Crippen molar-refractivity contribution in [1.82, 2.24) is 4.90 Å². The summed E-state index contributed by atoms with van der Waals surface area (Å²) in [5, 5.41) is 2.17. The molecular weight excluding hydrogens is 318 g/mol. The zero-order valence-electron chi connectivity index (χ0n) is 13.8. The molecule has 0 N–H and O–H groups in total. The van der Waals surface area contributed by atoms with Crippen LogP contribution in [0, 0.1) is 0 Å². The van der Waals surface area contributed by atoms with Gasteiger partial charge in [0.05, 0.1) is 0 Å². The summed E-state index contributed by atoms with van der Waals surface area (Å²) in [6.07, 6.45) is 0.539. The van der Waals surface area contributed by atoms with Crippen LogP contribution >= 0.6 is 12.4 Å². The fraction of sp³-hybridized carbons (Fsp3) is 0.190. The second-order valence-electron chi connectivity index (χ2n) is 5.92. The molecule has 0 aliphatic heterocycles. The van der Waals surface area contributed by atoms with E-state index in [9.17, 15) is 4.79 Å². The number of benzene rings is 3. The van der Waals surface area contributed by atoms with Crippen LogP contribution in [-0.2, 0) is 6.54 Å². The van der Waals surface area contributed by atoms with Crippen molar-refractivity contribution in [2.45, 2.75) is 13.0 Å². The first-order chi connectivity index (χ1) is 11.2. The van der Waals surface area contributed by atoms with Crippen LogP contribution in [0.2, 0.25) is 0 Å². The molecule has 3 heteroatoms. The van der Waals surface area contributed by atoms with E-state index in [0.29, 0.717) is 6.42 Å². The second-order valence-corrected chi connectivity index (χ2v) is 5.92. The highest BCUT2D eigenvalue weighted by molar-refractivity contribution is 6.08. The first-order valence-corrected chi connectivity index (χ1v) is 7.97. The van der Waals surface area contributed by atoms with Gasteiger partial charge in [0.2, 0.25) is 0 Å². The molecule has 24 heavy (non-hydrogen) atoms. The first kappa shape index (κ1) is 18.2. The van der Waals surface area contributed by atoms with Gasteiger partial charge in [0.15, 0.2) is 5.78 Å². The van der Waals surface area contributed by atoms with Crippen molar-refractivity contribution in [2.24, 2.45) is 0 Å². The van der Waals surface area contributed by atoms with Gasteiger partial charge in [-0.15, -0.1) is 12.4 Å². The Balaban J connectivity index is 0.00000208. The minimum Gasteiger partial charge on any atom is -0.302 e. The number of hydrogen-bond donors (Lipinski definition) is 0. The largest absolute Gasteiger partial charge is 0.302 e. The standard InChI is InChI=1S/C21H21NO.ClH/c1-22(16-17-8-3-2-4-9-17)15-14-21(23)20-13-7-11-18-10-5-6-12-19(18)20;/h2-13H,14-16H2,1H3;1H. The fourth-order valence-corrected chi connectivity index (χ4v) is 2.87. The second kappa shape index (κ2) is 8.62. The Kier molecular flexibility index (Phi) is 6.53. The smallest absolute Gasteiger partial charge is 0.164 e. The van der Waals surface area contributed by atoms with Crippen molar-refractivity contribution in [3.63, 3.8) is 0 Å². The van der Waals surface area contributed by atoms with Gasteiger partial charge < -0.3 is 4.90 Å². The SMILES string of the molecule is CN(CCC(=O)c1cccc2ccccc12)Cc1ccccc1.Cl. The number of halogens is 1. The number of ketones is 1. The Morgan fingerprint density at radius 1 is 0.875 bits per heavy atom. The number of nitrogens with zero attached hydrogens (tertiary/aromatic N) is 1. The van der Waals surface area contributed by atoms with Crippen LogP contribution < -0.4 is 0 Å². The lowest BCUT2D eigenvalue weighted by atomic mass is 10.00. The van der Waals surface area contributed by atoms with Gasteiger partial charge in [0, 0.05) is 25.1 Å². The maximum atomic E-state index is 12.6. The van der Waals surface area contributed by atoms with Gasteiger partial charge in [-0.3, -0.25) is 4.79 Å². The number of hydrogen-bond acceptors (Lipinski definition) is 2. The van der Waals surface area contributed by atoms with Crippen LogP contribution in [0.15, 0.2) is 72.8 Å². The van der Waals surface area contributed by atoms with E-state index in [-0.39, 0.29) is 18.2 Å². The van der Waals surface area contributed by atoms with Crippen LogP contribution in [0.5, 0.6) is 0 Å². The number of carbonyl (C=O) groups is 1. The van der Waals surface area contributed by atoms with E-state index in [1.807, 2.05) is 60.7 Å². The topological polar surface area (TPSA) is 20.3 Å². The molecule has 2 nitrogen and oxygen atoms in total. The number of fused-ring (bicyclic) bond motifs is 1. The monoisotopic (exact) mass is 339 g/mol. The number of Topliss-reactive ketones (excluding diaryl/α,β-unsaturated/α-hetero) is 1. The summed E-state index contributed by atoms with van der Waals surface area (Å²) < 4.78 is 0. The maximum absolute atomic E-state index is 12.6. The van der Waals surface area contributed by atoms with Gasteiger partial charge in [0.1, 0.15) is 0 Å². The van der Waals surface area contributed by atoms with Gasteiger partial charge in [-0.1, -0.05) is 72.8 Å². The maximum Gasteiger partial charge on any atom is 0.164 e. The van der Waals surface area contributed by atoms with Gasteiger partial charge >= 0.3 is 0 Å². The van der Waals surface area contributed by atoms with Crippen molar-refractivity contribution in [1.29, 1.82) is 0 Å². The lowest BCUT2D eigenvalue weighted by molar-refractivity contribution is 0.0969. The van der Waals surface area contributed by atoms with Crippen LogP contribution in [0.3, 0.4) is 0 Å². The molecule has 0 fully saturated rings. The molecule has 0 spiro atoms. The van der Waals surface area contributed by atoms with Crippen molar-refractivity contribution in [3.8, 4) is 0 Å². The number of carbonyl (C=O) groups excluding carboxylic acids is 1. The van der Waals surface area contributed by atoms with Crippen molar-refractivity contribution >= 4 is 29.0 Å². The minimum absolute atomic E-state index is 0. The number of rotatable bonds is 6. The van der Waals surface area contributed by atoms with Crippen LogP contribution in [0.4, 0.5) is 0 Å². The molecule has 0 radical (unpaired) electrons. The third kappa shape index (κ3) is 4.44. The van der Waals surface area contributed by atoms with Crippen LogP contribution in [0.1, 0.15) is 22.3 Å². The van der Waals surface area contributed by atoms with Gasteiger partial charge in [0.25, 0.3) is 0 Å². The molecule has 3 aromatic rings. The van der Waals surface area contributed by atoms with Crippen molar-refractivity contribution in [2.75, 3.05) is 13.6 Å². The average molecular weight is 340 g/mol. The lowest BCUT2D eigenvalue weighted by Gasteiger charge is -2.16. The lowest BCUT2D eigenvalue weighted by Crippen LogP contribution is -2.21. The zero-order valence-corrected chi connectivity index (χ0v) is 14.6. The zero-order chi connectivity index (χ0) is 16.1. The third-order valence-electron chi connectivity index (χ3n) is 4.11. The Bertz CT molecular complexity index is 796. The highest BCUT2D eigenvalue weighted by Crippen LogP contribution is 2.20. The molecule has 0 heterocycles. The predicted molar refractivity (Wildman–Crippen MR) is 103 cm³/mol. The molecule has 0 amide bonds. The first-order valence-electron chi connectivity index (χ1n) is 7.97. The van der Waals surface area contributed by atoms with Gasteiger partial charge in [-0.2, -0.15) is 0 Å². The summed E-state index contributed by atoms with van der Waals surface area (Å²) in [7, 11) is 2.06. The molecule has 0 aliphatic carbocycles. The summed E-state index contributed by atoms with van der Waals surface area (Å²) in [5.41, 5.74) is 2.10. The van der Waals surface area contributed by atoms with E-state index in [1.54, 1.807) is 0 Å². The highest BCUT2D eigenvalue weighted by Gasteiger charge is 2.11. The van der Waals surface area contributed by atoms with Crippen molar-refractivity contribution in [3.05, 3.63) is 83.9 Å². The van der Waals surface area contributed by atoms with Gasteiger partial charge in [-0.25, -0.2) is 0 Å². The fourth-order valence-electron chi connectivity index (χ4n) is 2.87. The Morgan fingerprint density at radius 3 is 2.33 bits per heavy atom. The molecule has 3 rings (SSSR count). The van der Waals surface area contributed by atoms with E-state index in [1.165, 1.54) is 5.56 Å². The van der Waals surface area contributed by atoms with Crippen molar-refractivity contribution < 1.29 is 4.79 Å². The van der Waals surface area contributed by atoms with Crippen LogP contribution in [-0.4, -0.2) is 24.3 Å². The summed E-state index contributed by atoms with van der Waals surface area (Å²) in [6, 6.07) is 24.3. The average Bonchev–Trinajstić information content (AvgIpc) is 2.60. The molecule has 3 aromatic carbocycles. The normalized spacial score (nSPS) is 10.6. The predicted octanol–water partition coefficient (Wildman–Crippen LogP) is 4.97. The summed E-state index contributed by atoms with van der Waals surface area (Å²) in [4.78, 5) is 14.8. The van der Waals surface area contributed by atoms with Gasteiger partial charge in [-0.05, 0) is 23.4 Å². The molecule has 0 saturated heterocycles. The molecule has 0 aliphatic rings. The molecular formula is C21H22ClNO. The van der Waals surface area contributed by atoms with E-state index in [0.717, 1.165) is 29.4 Å². The summed E-state index contributed by atoms with van der Waals surface area (Å²) in [5.74, 6) is 0.210. The van der Waals surface area contributed by atoms with Crippen LogP contribution in [0.25, 0.3) is 10.8 Å². The molecule has 0 atom stereocenters. The molecule has 0 saturated carbocycles. The van der Waals surface area contributed by atoms with E-state index < -0.39 is 0 Å². The highest BCUT2D eigenvalue weighted by atomic mass is 35.5. The van der Waals surface area contributed by atoms with E-state index in [4.69, 9.17) is 0 Å². The van der Waals surface area contributed by atoms with E-state index in [2.05, 4.69) is 24.1 Å². The molecule has 0 bridgehead atoms. The molecule has 0 aromatic heterocycles. The Morgan fingerprint density at radius 2 is 1.54 bits per heavy atom. The summed E-state index contributed by atoms with van der Waals surface area (Å²) in [6.45, 7) is 1.63. The third-order valence-corrected chi connectivity index (χ3v) is 4.11. The molecule has 0 unspecified atom stereocenters.